The molecule has 1 aliphatic heterocycles. The smallest absolute Gasteiger partial charge is 0.221 e. The number of hydrogen-bond donors (Lipinski definition) is 2. The second-order valence-electron chi connectivity index (χ2n) is 5.05. The number of nitrogens with one attached hydrogen (secondary N) is 2. The van der Waals surface area contributed by atoms with Crippen molar-refractivity contribution in [1.82, 2.24) is 10.6 Å². The normalized spacial score (nSPS) is 15.9. The van der Waals surface area contributed by atoms with Gasteiger partial charge in [0.05, 0.1) is 5.69 Å². The monoisotopic (exact) mass is 339 g/mol. The quantitative estimate of drug-likeness (QED) is 0.809. The summed E-state index contributed by atoms with van der Waals surface area (Å²) in [6.07, 6.45) is 1.71. The van der Waals surface area contributed by atoms with Gasteiger partial charge in [0, 0.05) is 37.1 Å². The van der Waals surface area contributed by atoms with Crippen LogP contribution in [0, 0.1) is 0 Å². The van der Waals surface area contributed by atoms with Gasteiger partial charge in [-0.1, -0.05) is 13.0 Å². The second kappa shape index (κ2) is 7.64. The molecule has 0 saturated carbocycles. The van der Waals surface area contributed by atoms with E-state index in [0.29, 0.717) is 13.0 Å². The molecule has 2 rings (SSSR count). The molecule has 1 saturated heterocycles. The zero-order valence-corrected chi connectivity index (χ0v) is 13.5. The number of anilines is 1. The summed E-state index contributed by atoms with van der Waals surface area (Å²) in [5.74, 6) is 0.143. The molecule has 0 aromatic heterocycles. The zero-order chi connectivity index (χ0) is 14.4. The first-order valence-corrected chi connectivity index (χ1v) is 8.01. The Morgan fingerprint density at radius 1 is 1.40 bits per heavy atom. The average Bonchev–Trinajstić information content (AvgIpc) is 2.64. The Bertz CT molecular complexity index is 464. The molecule has 0 bridgehead atoms. The number of carbonyl (C=O) groups excluding carboxylic acids is 1. The molecule has 110 valence electrons. The van der Waals surface area contributed by atoms with Crippen molar-refractivity contribution in [2.75, 3.05) is 31.1 Å². The molecule has 5 heteroatoms. The van der Waals surface area contributed by atoms with Crippen molar-refractivity contribution in [2.45, 2.75) is 26.3 Å². The van der Waals surface area contributed by atoms with E-state index in [2.05, 4.69) is 56.6 Å². The SMILES string of the molecule is CCCNCc1ccc(N2CCNC(=O)CC2)c(Br)c1. The highest BCUT2D eigenvalue weighted by Gasteiger charge is 2.15. The van der Waals surface area contributed by atoms with Gasteiger partial charge in [-0.15, -0.1) is 0 Å². The molecular weight excluding hydrogens is 318 g/mol. The fourth-order valence-corrected chi connectivity index (χ4v) is 3.01. The molecule has 0 radical (unpaired) electrons. The number of carbonyl (C=O) groups is 1. The van der Waals surface area contributed by atoms with E-state index in [1.54, 1.807) is 0 Å². The molecule has 2 N–H and O–H groups in total. The molecule has 20 heavy (non-hydrogen) atoms. The maximum atomic E-state index is 11.4. The van der Waals surface area contributed by atoms with E-state index in [0.717, 1.165) is 37.1 Å². The van der Waals surface area contributed by atoms with Crippen LogP contribution >= 0.6 is 15.9 Å². The van der Waals surface area contributed by atoms with Crippen LogP contribution in [0.1, 0.15) is 25.3 Å². The summed E-state index contributed by atoms with van der Waals surface area (Å²) in [4.78, 5) is 13.6. The molecule has 4 nitrogen and oxygen atoms in total. The van der Waals surface area contributed by atoms with Crippen molar-refractivity contribution in [3.63, 3.8) is 0 Å². The van der Waals surface area contributed by atoms with Crippen LogP contribution in [0.15, 0.2) is 22.7 Å². The summed E-state index contributed by atoms with van der Waals surface area (Å²) < 4.78 is 1.10. The lowest BCUT2D eigenvalue weighted by Gasteiger charge is -2.23. The highest BCUT2D eigenvalue weighted by Crippen LogP contribution is 2.27. The molecule has 1 aliphatic rings. The van der Waals surface area contributed by atoms with Crippen molar-refractivity contribution >= 4 is 27.5 Å². The standard InChI is InChI=1S/C15H22BrN3O/c1-2-6-17-11-12-3-4-14(13(16)10-12)19-8-5-15(20)18-7-9-19/h3-4,10,17H,2,5-9,11H2,1H3,(H,18,20). The first-order valence-electron chi connectivity index (χ1n) is 7.21. The molecule has 1 heterocycles. The van der Waals surface area contributed by atoms with Crippen LogP contribution in [-0.2, 0) is 11.3 Å². The summed E-state index contributed by atoms with van der Waals surface area (Å²) in [5, 5.41) is 6.31. The van der Waals surface area contributed by atoms with Crippen LogP contribution < -0.4 is 15.5 Å². The first kappa shape index (κ1) is 15.3. The van der Waals surface area contributed by atoms with Crippen molar-refractivity contribution in [3.8, 4) is 0 Å². The summed E-state index contributed by atoms with van der Waals surface area (Å²) in [5.41, 5.74) is 2.44. The third kappa shape index (κ3) is 4.21. The minimum absolute atomic E-state index is 0.143. The number of hydrogen-bond acceptors (Lipinski definition) is 3. The van der Waals surface area contributed by atoms with Gasteiger partial charge < -0.3 is 15.5 Å². The Morgan fingerprint density at radius 2 is 2.25 bits per heavy atom. The van der Waals surface area contributed by atoms with Crippen LogP contribution in [-0.4, -0.2) is 32.1 Å². The molecule has 0 unspecified atom stereocenters. The molecule has 1 fully saturated rings. The summed E-state index contributed by atoms with van der Waals surface area (Å²) in [6.45, 7) is 6.45. The van der Waals surface area contributed by atoms with Gasteiger partial charge in [0.2, 0.25) is 5.91 Å². The van der Waals surface area contributed by atoms with Gasteiger partial charge in [-0.05, 0) is 46.6 Å². The Morgan fingerprint density at radius 3 is 3.00 bits per heavy atom. The molecule has 0 aliphatic carbocycles. The highest BCUT2D eigenvalue weighted by atomic mass is 79.9. The van der Waals surface area contributed by atoms with E-state index in [1.807, 2.05) is 0 Å². The predicted molar refractivity (Wildman–Crippen MR) is 86.0 cm³/mol. The van der Waals surface area contributed by atoms with Crippen LogP contribution in [0.3, 0.4) is 0 Å². The Balaban J connectivity index is 2.03. The number of rotatable bonds is 5. The lowest BCUT2D eigenvalue weighted by Crippen LogP contribution is -2.28. The molecular formula is C15H22BrN3O. The minimum Gasteiger partial charge on any atom is -0.368 e. The summed E-state index contributed by atoms with van der Waals surface area (Å²) in [6, 6.07) is 6.46. The van der Waals surface area contributed by atoms with Crippen molar-refractivity contribution < 1.29 is 4.79 Å². The molecule has 0 spiro atoms. The summed E-state index contributed by atoms with van der Waals surface area (Å²) >= 11 is 3.66. The fourth-order valence-electron chi connectivity index (χ4n) is 2.33. The Hall–Kier alpha value is -1.07. The molecule has 1 aromatic rings. The van der Waals surface area contributed by atoms with Gasteiger partial charge in [-0.25, -0.2) is 0 Å². The van der Waals surface area contributed by atoms with Crippen molar-refractivity contribution in [2.24, 2.45) is 0 Å². The average molecular weight is 340 g/mol. The van der Waals surface area contributed by atoms with Crippen LogP contribution in [0.5, 0.6) is 0 Å². The van der Waals surface area contributed by atoms with Gasteiger partial charge in [-0.3, -0.25) is 4.79 Å². The van der Waals surface area contributed by atoms with Gasteiger partial charge in [0.1, 0.15) is 0 Å². The maximum absolute atomic E-state index is 11.4. The van der Waals surface area contributed by atoms with Crippen LogP contribution in [0.2, 0.25) is 0 Å². The molecule has 1 aromatic carbocycles. The zero-order valence-electron chi connectivity index (χ0n) is 11.9. The topological polar surface area (TPSA) is 44.4 Å². The fraction of sp³-hybridized carbons (Fsp3) is 0.533. The van der Waals surface area contributed by atoms with E-state index in [9.17, 15) is 4.79 Å². The Labute approximate surface area is 129 Å². The van der Waals surface area contributed by atoms with Crippen molar-refractivity contribution in [1.29, 1.82) is 0 Å². The number of amides is 1. The maximum Gasteiger partial charge on any atom is 0.221 e. The van der Waals surface area contributed by atoms with Crippen LogP contribution in [0.25, 0.3) is 0 Å². The number of nitrogens with zero attached hydrogens (tertiary/aromatic N) is 1. The van der Waals surface area contributed by atoms with Gasteiger partial charge >= 0.3 is 0 Å². The van der Waals surface area contributed by atoms with E-state index in [1.165, 1.54) is 11.3 Å². The second-order valence-corrected chi connectivity index (χ2v) is 5.90. The predicted octanol–water partition coefficient (Wildman–Crippen LogP) is 2.28. The third-order valence-corrected chi connectivity index (χ3v) is 4.06. The summed E-state index contributed by atoms with van der Waals surface area (Å²) in [7, 11) is 0. The minimum atomic E-state index is 0.143. The van der Waals surface area contributed by atoms with E-state index in [4.69, 9.17) is 0 Å². The number of halogens is 1. The van der Waals surface area contributed by atoms with Crippen molar-refractivity contribution in [3.05, 3.63) is 28.2 Å². The Kier molecular flexibility index (Phi) is 5.86. The number of benzene rings is 1. The highest BCUT2D eigenvalue weighted by molar-refractivity contribution is 9.10. The van der Waals surface area contributed by atoms with Crippen LogP contribution in [0.4, 0.5) is 5.69 Å². The van der Waals surface area contributed by atoms with Gasteiger partial charge in [-0.2, -0.15) is 0 Å². The van der Waals surface area contributed by atoms with Gasteiger partial charge in [0.15, 0.2) is 0 Å². The van der Waals surface area contributed by atoms with E-state index < -0.39 is 0 Å². The third-order valence-electron chi connectivity index (χ3n) is 3.42. The first-order chi connectivity index (χ1) is 9.70. The largest absolute Gasteiger partial charge is 0.368 e. The van der Waals surface area contributed by atoms with Gasteiger partial charge in [0.25, 0.3) is 0 Å². The lowest BCUT2D eigenvalue weighted by atomic mass is 10.2. The van der Waals surface area contributed by atoms with E-state index in [-0.39, 0.29) is 5.91 Å². The molecule has 0 atom stereocenters. The molecule has 1 amide bonds. The van der Waals surface area contributed by atoms with E-state index >= 15 is 0 Å². The lowest BCUT2D eigenvalue weighted by molar-refractivity contribution is -0.120.